The van der Waals surface area contributed by atoms with Gasteiger partial charge in [0, 0.05) is 31.0 Å². The van der Waals surface area contributed by atoms with Crippen LogP contribution in [0, 0.1) is 19.3 Å². The number of hydrogen-bond acceptors (Lipinski definition) is 4. The van der Waals surface area contributed by atoms with Gasteiger partial charge in [0.25, 0.3) is 5.91 Å². The third-order valence-electron chi connectivity index (χ3n) is 5.87. The van der Waals surface area contributed by atoms with Crippen LogP contribution in [0.1, 0.15) is 46.8 Å². The smallest absolute Gasteiger partial charge is 0.272 e. The van der Waals surface area contributed by atoms with Gasteiger partial charge in [-0.05, 0) is 57.4 Å². The van der Waals surface area contributed by atoms with E-state index in [0.717, 1.165) is 42.9 Å². The summed E-state index contributed by atoms with van der Waals surface area (Å²) in [6.45, 7) is 6.27. The van der Waals surface area contributed by atoms with Crippen molar-refractivity contribution >= 4 is 11.8 Å². The number of piperidine rings is 1. The molecule has 0 N–H and O–H groups in total. The summed E-state index contributed by atoms with van der Waals surface area (Å²) in [7, 11) is 0. The van der Waals surface area contributed by atoms with Gasteiger partial charge in [0.15, 0.2) is 0 Å². The van der Waals surface area contributed by atoms with Gasteiger partial charge in [0.05, 0.1) is 17.7 Å². The van der Waals surface area contributed by atoms with Gasteiger partial charge in [-0.15, -0.1) is 0 Å². The minimum atomic E-state index is -0.457. The quantitative estimate of drug-likeness (QED) is 0.824. The molecule has 2 saturated heterocycles. The largest absolute Gasteiger partial charge is 0.336 e. The van der Waals surface area contributed by atoms with E-state index in [9.17, 15) is 9.59 Å². The number of carbonyl (C=O) groups excluding carboxylic acids is 2. The second kappa shape index (κ2) is 7.34. The highest BCUT2D eigenvalue weighted by Gasteiger charge is 2.49. The van der Waals surface area contributed by atoms with Crippen LogP contribution in [0.4, 0.5) is 0 Å². The summed E-state index contributed by atoms with van der Waals surface area (Å²) in [5, 5.41) is 0. The fourth-order valence-electron chi connectivity index (χ4n) is 4.43. The maximum absolute atomic E-state index is 13.3. The first-order valence-electron chi connectivity index (χ1n) is 9.92. The molecule has 2 amide bonds. The van der Waals surface area contributed by atoms with Crippen molar-refractivity contribution in [2.24, 2.45) is 5.41 Å². The molecule has 2 fully saturated rings. The van der Waals surface area contributed by atoms with Crippen molar-refractivity contribution in [2.75, 3.05) is 19.6 Å². The van der Waals surface area contributed by atoms with Gasteiger partial charge in [0.1, 0.15) is 5.69 Å². The lowest BCUT2D eigenvalue weighted by Gasteiger charge is -2.39. The van der Waals surface area contributed by atoms with E-state index in [2.05, 4.69) is 9.97 Å². The Hall–Kier alpha value is -2.76. The van der Waals surface area contributed by atoms with Gasteiger partial charge in [-0.2, -0.15) is 0 Å². The van der Waals surface area contributed by atoms with Crippen LogP contribution < -0.4 is 0 Å². The highest BCUT2D eigenvalue weighted by atomic mass is 16.2. The van der Waals surface area contributed by atoms with Gasteiger partial charge < -0.3 is 9.80 Å². The monoisotopic (exact) mass is 378 g/mol. The maximum atomic E-state index is 13.3. The van der Waals surface area contributed by atoms with Gasteiger partial charge in [0.2, 0.25) is 5.91 Å². The lowest BCUT2D eigenvalue weighted by molar-refractivity contribution is -0.138. The van der Waals surface area contributed by atoms with Crippen molar-refractivity contribution in [2.45, 2.75) is 39.7 Å². The number of rotatable bonds is 3. The van der Waals surface area contributed by atoms with E-state index in [1.165, 1.54) is 0 Å². The Labute approximate surface area is 165 Å². The molecule has 4 rings (SSSR count). The second-order valence-corrected chi connectivity index (χ2v) is 8.02. The summed E-state index contributed by atoms with van der Waals surface area (Å²) in [5.74, 6) is 0.0832. The Morgan fingerprint density at radius 1 is 1.04 bits per heavy atom. The van der Waals surface area contributed by atoms with Gasteiger partial charge >= 0.3 is 0 Å². The molecule has 2 aromatic heterocycles. The minimum Gasteiger partial charge on any atom is -0.336 e. The topological polar surface area (TPSA) is 66.4 Å². The molecule has 0 aliphatic carbocycles. The third kappa shape index (κ3) is 3.51. The lowest BCUT2D eigenvalue weighted by Crippen LogP contribution is -2.50. The molecule has 0 radical (unpaired) electrons. The molecular formula is C22H26N4O2. The molecule has 0 unspecified atom stereocenters. The molecule has 28 heavy (non-hydrogen) atoms. The van der Waals surface area contributed by atoms with Crippen molar-refractivity contribution in [3.63, 3.8) is 0 Å². The Bertz CT molecular complexity index is 913. The molecule has 6 nitrogen and oxygen atoms in total. The molecule has 2 aromatic rings. The highest BCUT2D eigenvalue weighted by molar-refractivity contribution is 5.93. The maximum Gasteiger partial charge on any atom is 0.272 e. The second-order valence-electron chi connectivity index (χ2n) is 8.02. The van der Waals surface area contributed by atoms with E-state index in [1.54, 1.807) is 6.07 Å². The number of nitrogens with zero attached hydrogens (tertiary/aromatic N) is 4. The predicted octanol–water partition coefficient (Wildman–Crippen LogP) is 2.75. The van der Waals surface area contributed by atoms with Crippen LogP contribution in [0.5, 0.6) is 0 Å². The number of aryl methyl sites for hydroxylation is 2. The Morgan fingerprint density at radius 3 is 2.54 bits per heavy atom. The van der Waals surface area contributed by atoms with Crippen LogP contribution in [0.15, 0.2) is 36.4 Å². The molecule has 2 aliphatic heterocycles. The van der Waals surface area contributed by atoms with Crippen LogP contribution in [0.3, 0.4) is 0 Å². The van der Waals surface area contributed by atoms with E-state index in [-0.39, 0.29) is 11.8 Å². The lowest BCUT2D eigenvalue weighted by atomic mass is 9.78. The molecule has 1 spiro atoms. The van der Waals surface area contributed by atoms with E-state index in [4.69, 9.17) is 0 Å². The molecule has 146 valence electrons. The summed E-state index contributed by atoms with van der Waals surface area (Å²) in [6.07, 6.45) is 2.48. The summed E-state index contributed by atoms with van der Waals surface area (Å²) in [6, 6.07) is 11.4. The van der Waals surface area contributed by atoms with E-state index in [1.807, 2.05) is 54.0 Å². The standard InChI is InChI=1S/C22H26N4O2/c1-16-6-3-8-18(23-16)14-25-13-11-22(21(25)28)10-5-12-26(15-22)20(27)19-9-4-7-17(2)24-19/h3-4,6-9H,5,10-15H2,1-2H3/t22-/m0/s1. The van der Waals surface area contributed by atoms with E-state index >= 15 is 0 Å². The van der Waals surface area contributed by atoms with E-state index < -0.39 is 5.41 Å². The average molecular weight is 378 g/mol. The molecule has 6 heteroatoms. The van der Waals surface area contributed by atoms with Gasteiger partial charge in [-0.3, -0.25) is 14.6 Å². The zero-order chi connectivity index (χ0) is 19.7. The zero-order valence-corrected chi connectivity index (χ0v) is 16.5. The van der Waals surface area contributed by atoms with Gasteiger partial charge in [-0.25, -0.2) is 4.98 Å². The molecular weight excluding hydrogens is 352 g/mol. The van der Waals surface area contributed by atoms with E-state index in [0.29, 0.717) is 25.3 Å². The summed E-state index contributed by atoms with van der Waals surface area (Å²) < 4.78 is 0. The van der Waals surface area contributed by atoms with Crippen LogP contribution in [-0.4, -0.2) is 51.2 Å². The Balaban J connectivity index is 1.49. The zero-order valence-electron chi connectivity index (χ0n) is 16.5. The van der Waals surface area contributed by atoms with Gasteiger partial charge in [-0.1, -0.05) is 12.1 Å². The van der Waals surface area contributed by atoms with Crippen LogP contribution in [0.2, 0.25) is 0 Å². The summed E-state index contributed by atoms with van der Waals surface area (Å²) >= 11 is 0. The Morgan fingerprint density at radius 2 is 1.79 bits per heavy atom. The average Bonchev–Trinajstić information content (AvgIpc) is 2.97. The SMILES string of the molecule is Cc1cccc(CN2CC[C@]3(CCCN(C(=O)c4cccc(C)n4)C3)C2=O)n1. The first kappa shape index (κ1) is 18.6. The summed E-state index contributed by atoms with van der Waals surface area (Å²) in [5.41, 5.74) is 2.70. The van der Waals surface area contributed by atoms with Crippen molar-refractivity contribution in [3.8, 4) is 0 Å². The first-order chi connectivity index (χ1) is 13.5. The molecule has 0 aromatic carbocycles. The molecule has 1 atom stereocenters. The number of hydrogen-bond donors (Lipinski definition) is 0. The van der Waals surface area contributed by atoms with Crippen LogP contribution in [0.25, 0.3) is 0 Å². The fourth-order valence-corrected chi connectivity index (χ4v) is 4.43. The highest BCUT2D eigenvalue weighted by Crippen LogP contribution is 2.40. The molecule has 2 aliphatic rings. The first-order valence-corrected chi connectivity index (χ1v) is 9.92. The number of aromatic nitrogens is 2. The van der Waals surface area contributed by atoms with Crippen LogP contribution >= 0.6 is 0 Å². The normalized spacial score (nSPS) is 22.1. The number of pyridine rings is 2. The van der Waals surface area contributed by atoms with Crippen molar-refractivity contribution in [1.82, 2.24) is 19.8 Å². The molecule has 0 bridgehead atoms. The third-order valence-corrected chi connectivity index (χ3v) is 5.87. The fraction of sp³-hybridized carbons (Fsp3) is 0.455. The van der Waals surface area contributed by atoms with Crippen LogP contribution in [-0.2, 0) is 11.3 Å². The molecule has 0 saturated carbocycles. The van der Waals surface area contributed by atoms with Crippen molar-refractivity contribution in [3.05, 3.63) is 59.2 Å². The van der Waals surface area contributed by atoms with Crippen molar-refractivity contribution < 1.29 is 9.59 Å². The number of amides is 2. The minimum absolute atomic E-state index is 0.0747. The predicted molar refractivity (Wildman–Crippen MR) is 106 cm³/mol. The summed E-state index contributed by atoms with van der Waals surface area (Å²) in [4.78, 5) is 38.8. The molecule has 4 heterocycles. The number of likely N-dealkylation sites (tertiary alicyclic amines) is 2. The van der Waals surface area contributed by atoms with Crippen molar-refractivity contribution in [1.29, 1.82) is 0 Å². The Kier molecular flexibility index (Phi) is 4.87. The number of carbonyl (C=O) groups is 2.